The molecule has 0 aliphatic carbocycles. The fourth-order valence-electron chi connectivity index (χ4n) is 3.67. The number of hydrogen-bond donors (Lipinski definition) is 1. The van der Waals surface area contributed by atoms with Crippen molar-refractivity contribution in [2.75, 3.05) is 0 Å². The Morgan fingerprint density at radius 3 is 1.85 bits per heavy atom. The first-order chi connectivity index (χ1) is 12.7. The first-order valence-electron chi connectivity index (χ1n) is 9.46. The van der Waals surface area contributed by atoms with Crippen LogP contribution in [0.5, 0.6) is 0 Å². The quantitative estimate of drug-likeness (QED) is 0.400. The van der Waals surface area contributed by atoms with Gasteiger partial charge in [-0.25, -0.2) is 0 Å². The van der Waals surface area contributed by atoms with Gasteiger partial charge in [-0.3, -0.25) is 0 Å². The van der Waals surface area contributed by atoms with E-state index in [0.29, 0.717) is 6.42 Å². The minimum absolute atomic E-state index is 0.0896. The van der Waals surface area contributed by atoms with Crippen LogP contribution in [-0.4, -0.2) is 31.0 Å². The third-order valence-corrected chi connectivity index (χ3v) is 10.6. The molecule has 0 heterocycles. The highest BCUT2D eigenvalue weighted by Gasteiger charge is 2.51. The maximum atomic E-state index is 10.4. The van der Waals surface area contributed by atoms with Gasteiger partial charge < -0.3 is 9.53 Å². The lowest BCUT2D eigenvalue weighted by atomic mass is 10.1. The van der Waals surface area contributed by atoms with Crippen LogP contribution in [0, 0.1) is 0 Å². The molecule has 146 valence electrons. The highest BCUT2D eigenvalue weighted by atomic mass is 35.5. The molecule has 1 N–H and O–H groups in total. The van der Waals surface area contributed by atoms with Gasteiger partial charge in [-0.15, -0.1) is 18.2 Å². The third kappa shape index (κ3) is 4.91. The van der Waals surface area contributed by atoms with Crippen molar-refractivity contribution in [3.05, 3.63) is 73.3 Å². The Balaban J connectivity index is 2.51. The van der Waals surface area contributed by atoms with Gasteiger partial charge in [-0.05, 0) is 28.8 Å². The minimum Gasteiger partial charge on any atom is -0.405 e. The van der Waals surface area contributed by atoms with E-state index in [4.69, 9.17) is 16.0 Å². The van der Waals surface area contributed by atoms with Crippen LogP contribution in [0.3, 0.4) is 0 Å². The van der Waals surface area contributed by atoms with Crippen molar-refractivity contribution in [1.29, 1.82) is 0 Å². The lowest BCUT2D eigenvalue weighted by Crippen LogP contribution is -2.67. The highest BCUT2D eigenvalue weighted by Crippen LogP contribution is 2.38. The first kappa shape index (κ1) is 21.9. The van der Waals surface area contributed by atoms with Crippen molar-refractivity contribution in [3.8, 4) is 0 Å². The van der Waals surface area contributed by atoms with Crippen LogP contribution >= 0.6 is 11.6 Å². The summed E-state index contributed by atoms with van der Waals surface area (Å²) < 4.78 is 6.93. The molecule has 0 aromatic heterocycles. The summed E-state index contributed by atoms with van der Waals surface area (Å²) in [4.78, 5) is 0. The molecule has 2 nitrogen and oxygen atoms in total. The van der Waals surface area contributed by atoms with E-state index in [0.717, 1.165) is 0 Å². The Morgan fingerprint density at radius 2 is 1.48 bits per heavy atom. The van der Waals surface area contributed by atoms with Crippen LogP contribution in [0.15, 0.2) is 73.3 Å². The maximum absolute atomic E-state index is 10.4. The molecule has 0 saturated carbocycles. The maximum Gasteiger partial charge on any atom is 0.261 e. The van der Waals surface area contributed by atoms with Gasteiger partial charge in [0.2, 0.25) is 0 Å². The van der Waals surface area contributed by atoms with Gasteiger partial charge in [0.25, 0.3) is 8.32 Å². The average molecular weight is 403 g/mol. The highest BCUT2D eigenvalue weighted by molar-refractivity contribution is 6.99. The van der Waals surface area contributed by atoms with Gasteiger partial charge in [-0.2, -0.15) is 0 Å². The summed E-state index contributed by atoms with van der Waals surface area (Å²) in [6.45, 7) is 12.4. The summed E-state index contributed by atoms with van der Waals surface area (Å²) in [5.41, 5.74) is 0. The number of aliphatic hydroxyl groups excluding tert-OH is 1. The second-order valence-electron chi connectivity index (χ2n) is 8.07. The monoisotopic (exact) mass is 402 g/mol. The number of alkyl halides is 1. The molecule has 0 fully saturated rings. The van der Waals surface area contributed by atoms with E-state index in [1.54, 1.807) is 6.08 Å². The largest absolute Gasteiger partial charge is 0.405 e. The molecule has 3 atom stereocenters. The van der Waals surface area contributed by atoms with E-state index in [1.165, 1.54) is 10.4 Å². The molecule has 0 amide bonds. The normalized spacial score (nSPS) is 15.8. The van der Waals surface area contributed by atoms with Crippen molar-refractivity contribution in [2.24, 2.45) is 0 Å². The number of aliphatic hydroxyl groups is 1. The van der Waals surface area contributed by atoms with Crippen molar-refractivity contribution >= 4 is 30.3 Å². The Kier molecular flexibility index (Phi) is 7.46. The van der Waals surface area contributed by atoms with Crippen LogP contribution < -0.4 is 10.4 Å². The molecular formula is C23H31ClO2Si. The predicted molar refractivity (Wildman–Crippen MR) is 119 cm³/mol. The first-order valence-corrected chi connectivity index (χ1v) is 11.8. The number of halogens is 1. The van der Waals surface area contributed by atoms with Gasteiger partial charge in [0, 0.05) is 6.10 Å². The van der Waals surface area contributed by atoms with Crippen molar-refractivity contribution < 1.29 is 9.53 Å². The fraction of sp³-hybridized carbons (Fsp3) is 0.391. The lowest BCUT2D eigenvalue weighted by molar-refractivity contribution is 0.102. The van der Waals surface area contributed by atoms with Crippen molar-refractivity contribution in [3.63, 3.8) is 0 Å². The van der Waals surface area contributed by atoms with E-state index < -0.39 is 19.8 Å². The summed E-state index contributed by atoms with van der Waals surface area (Å²) in [6.07, 6.45) is 1.21. The SMILES string of the molecule is C=C[C@@H](Cl)[C@H](O)C[C@H](C)O[Si](c1ccccc1)(c1ccccc1)C(C)(C)C. The van der Waals surface area contributed by atoms with Gasteiger partial charge in [0.1, 0.15) is 0 Å². The standard InChI is InChI=1S/C23H31ClO2Si/c1-6-21(24)22(25)17-18(2)26-27(23(3,4)5,19-13-9-7-10-14-19)20-15-11-8-12-16-20/h6-16,18,21-22,25H,1,17H2,2-5H3/t18-,21+,22+/m0/s1. The zero-order valence-electron chi connectivity index (χ0n) is 16.7. The summed E-state index contributed by atoms with van der Waals surface area (Å²) in [6, 6.07) is 21.0. The topological polar surface area (TPSA) is 29.5 Å². The lowest BCUT2D eigenvalue weighted by Gasteiger charge is -2.45. The Bertz CT molecular complexity index is 673. The van der Waals surface area contributed by atoms with Crippen molar-refractivity contribution in [2.45, 2.75) is 56.7 Å². The number of rotatable bonds is 8. The zero-order valence-corrected chi connectivity index (χ0v) is 18.5. The summed E-state index contributed by atoms with van der Waals surface area (Å²) >= 11 is 6.14. The zero-order chi connectivity index (χ0) is 20.1. The molecule has 2 rings (SSSR count). The van der Waals surface area contributed by atoms with Crippen LogP contribution in [0.2, 0.25) is 5.04 Å². The van der Waals surface area contributed by atoms with E-state index in [9.17, 15) is 5.11 Å². The van der Waals surface area contributed by atoms with Crippen LogP contribution in [0.25, 0.3) is 0 Å². The molecule has 2 aromatic carbocycles. The molecule has 0 aliphatic heterocycles. The summed E-state index contributed by atoms with van der Waals surface area (Å²) in [5, 5.41) is 12.3. The van der Waals surface area contributed by atoms with Gasteiger partial charge in [-0.1, -0.05) is 87.5 Å². The summed E-state index contributed by atoms with van der Waals surface area (Å²) in [7, 11) is -2.60. The number of hydrogen-bond acceptors (Lipinski definition) is 2. The Labute approximate surface area is 170 Å². The van der Waals surface area contributed by atoms with Crippen LogP contribution in [0.1, 0.15) is 34.1 Å². The molecular weight excluding hydrogens is 372 g/mol. The van der Waals surface area contributed by atoms with E-state index >= 15 is 0 Å². The molecule has 27 heavy (non-hydrogen) atoms. The molecule has 0 spiro atoms. The van der Waals surface area contributed by atoms with Gasteiger partial charge >= 0.3 is 0 Å². The molecule has 0 bridgehead atoms. The van der Waals surface area contributed by atoms with Crippen LogP contribution in [0.4, 0.5) is 0 Å². The molecule has 4 heteroatoms. The van der Waals surface area contributed by atoms with Crippen molar-refractivity contribution in [1.82, 2.24) is 0 Å². The third-order valence-electron chi connectivity index (χ3n) is 4.96. The van der Waals surface area contributed by atoms with Gasteiger partial charge in [0.15, 0.2) is 0 Å². The second kappa shape index (κ2) is 9.20. The fourth-order valence-corrected chi connectivity index (χ4v) is 8.49. The molecule has 0 aliphatic rings. The molecule has 0 unspecified atom stereocenters. The van der Waals surface area contributed by atoms with Gasteiger partial charge in [0.05, 0.1) is 11.5 Å². The average Bonchev–Trinajstić information content (AvgIpc) is 2.65. The Hall–Kier alpha value is -1.39. The molecule has 0 saturated heterocycles. The minimum atomic E-state index is -2.60. The van der Waals surface area contributed by atoms with Crippen LogP contribution in [-0.2, 0) is 4.43 Å². The van der Waals surface area contributed by atoms with E-state index in [2.05, 4.69) is 75.9 Å². The van der Waals surface area contributed by atoms with E-state index in [-0.39, 0.29) is 11.1 Å². The van der Waals surface area contributed by atoms with E-state index in [1.807, 2.05) is 19.1 Å². The Morgan fingerprint density at radius 1 is 1.04 bits per heavy atom. The predicted octanol–water partition coefficient (Wildman–Crippen LogP) is 4.50. The second-order valence-corrected chi connectivity index (χ2v) is 12.8. The molecule has 2 aromatic rings. The summed E-state index contributed by atoms with van der Waals surface area (Å²) in [5.74, 6) is 0. The molecule has 0 radical (unpaired) electrons. The smallest absolute Gasteiger partial charge is 0.261 e. The number of benzene rings is 2.